The monoisotopic (exact) mass is 351 g/mol. The number of amides is 1. The fourth-order valence-corrected chi connectivity index (χ4v) is 3.75. The molecule has 1 amide bonds. The predicted octanol–water partition coefficient (Wildman–Crippen LogP) is 3.38. The van der Waals surface area contributed by atoms with Gasteiger partial charge in [0.2, 0.25) is 0 Å². The molecule has 2 saturated heterocycles. The Morgan fingerprint density at radius 2 is 1.42 bits per heavy atom. The minimum atomic E-state index is -0.0480. The zero-order valence-electron chi connectivity index (χ0n) is 15.0. The Labute approximate surface area is 154 Å². The number of para-hydroxylation sites is 3. The van der Waals surface area contributed by atoms with Gasteiger partial charge in [-0.2, -0.15) is 0 Å². The van der Waals surface area contributed by atoms with Crippen LogP contribution in [-0.4, -0.2) is 45.3 Å². The highest BCUT2D eigenvalue weighted by atomic mass is 16.5. The van der Waals surface area contributed by atoms with E-state index in [1.165, 1.54) is 12.8 Å². The van der Waals surface area contributed by atoms with Gasteiger partial charge in [0, 0.05) is 31.9 Å². The summed E-state index contributed by atoms with van der Waals surface area (Å²) in [6.45, 7) is 5.18. The van der Waals surface area contributed by atoms with Crippen LogP contribution >= 0.6 is 0 Å². The van der Waals surface area contributed by atoms with Crippen molar-refractivity contribution in [1.82, 2.24) is 0 Å². The topological polar surface area (TPSA) is 44.8 Å². The van der Waals surface area contributed by atoms with Crippen LogP contribution in [0.3, 0.4) is 0 Å². The molecule has 136 valence electrons. The van der Waals surface area contributed by atoms with Crippen molar-refractivity contribution in [2.75, 3.05) is 54.5 Å². The molecule has 2 aliphatic rings. The summed E-state index contributed by atoms with van der Waals surface area (Å²) in [4.78, 5) is 17.6. The first kappa shape index (κ1) is 16.9. The summed E-state index contributed by atoms with van der Waals surface area (Å²) in [6.07, 6.45) is 2.38. The fraction of sp³-hybridized carbons (Fsp3) is 0.381. The highest BCUT2D eigenvalue weighted by molar-refractivity contribution is 6.09. The number of ether oxygens (including phenoxy) is 1. The van der Waals surface area contributed by atoms with Gasteiger partial charge in [0.15, 0.2) is 0 Å². The Bertz CT molecular complexity index is 765. The summed E-state index contributed by atoms with van der Waals surface area (Å²) in [5.74, 6) is -0.0480. The minimum Gasteiger partial charge on any atom is -0.378 e. The number of hydrogen-bond acceptors (Lipinski definition) is 4. The van der Waals surface area contributed by atoms with Crippen LogP contribution in [0, 0.1) is 0 Å². The number of hydrogen-bond donors (Lipinski definition) is 1. The fourth-order valence-electron chi connectivity index (χ4n) is 3.75. The van der Waals surface area contributed by atoms with E-state index in [0.29, 0.717) is 0 Å². The van der Waals surface area contributed by atoms with E-state index >= 15 is 0 Å². The molecular weight excluding hydrogens is 326 g/mol. The lowest BCUT2D eigenvalue weighted by Crippen LogP contribution is -2.36. The summed E-state index contributed by atoms with van der Waals surface area (Å²) in [6, 6.07) is 15.9. The number of nitrogens with zero attached hydrogens (tertiary/aromatic N) is 2. The van der Waals surface area contributed by atoms with E-state index in [0.717, 1.165) is 62.0 Å². The van der Waals surface area contributed by atoms with Gasteiger partial charge >= 0.3 is 0 Å². The van der Waals surface area contributed by atoms with Crippen LogP contribution in [0.4, 0.5) is 17.1 Å². The van der Waals surface area contributed by atoms with Crippen molar-refractivity contribution in [3.8, 4) is 0 Å². The van der Waals surface area contributed by atoms with Gasteiger partial charge in [0.25, 0.3) is 5.91 Å². The van der Waals surface area contributed by atoms with E-state index < -0.39 is 0 Å². The van der Waals surface area contributed by atoms with Gasteiger partial charge in [-0.05, 0) is 37.1 Å². The van der Waals surface area contributed by atoms with Gasteiger partial charge in [0.1, 0.15) is 0 Å². The molecule has 2 fully saturated rings. The quantitative estimate of drug-likeness (QED) is 0.917. The first-order chi connectivity index (χ1) is 12.8. The Kier molecular flexibility index (Phi) is 5.07. The number of rotatable bonds is 4. The van der Waals surface area contributed by atoms with Crippen LogP contribution in [0.2, 0.25) is 0 Å². The lowest BCUT2D eigenvalue weighted by molar-refractivity contribution is 0.102. The molecule has 0 saturated carbocycles. The van der Waals surface area contributed by atoms with E-state index in [9.17, 15) is 4.79 Å². The maximum absolute atomic E-state index is 13.0. The van der Waals surface area contributed by atoms with E-state index in [4.69, 9.17) is 4.74 Å². The smallest absolute Gasteiger partial charge is 0.257 e. The Balaban J connectivity index is 1.58. The third-order valence-corrected chi connectivity index (χ3v) is 5.10. The maximum atomic E-state index is 13.0. The van der Waals surface area contributed by atoms with Crippen molar-refractivity contribution in [3.05, 3.63) is 54.1 Å². The standard InChI is InChI=1S/C21H25N3O2/c25-21(17-7-1-3-9-19(17)23-11-5-6-12-23)22-18-8-2-4-10-20(18)24-13-15-26-16-14-24/h1-4,7-10H,5-6,11-16H2,(H,22,25). The van der Waals surface area contributed by atoms with Crippen LogP contribution in [0.15, 0.2) is 48.5 Å². The number of nitrogens with one attached hydrogen (secondary N) is 1. The van der Waals surface area contributed by atoms with Crippen molar-refractivity contribution < 1.29 is 9.53 Å². The predicted molar refractivity (Wildman–Crippen MR) is 105 cm³/mol. The summed E-state index contributed by atoms with van der Waals surface area (Å²) in [7, 11) is 0. The molecule has 0 spiro atoms. The lowest BCUT2D eigenvalue weighted by atomic mass is 10.1. The lowest BCUT2D eigenvalue weighted by Gasteiger charge is -2.30. The number of benzene rings is 2. The number of carbonyl (C=O) groups is 1. The van der Waals surface area contributed by atoms with E-state index in [1.807, 2.05) is 42.5 Å². The number of carbonyl (C=O) groups excluding carboxylic acids is 1. The first-order valence-corrected chi connectivity index (χ1v) is 9.40. The third-order valence-electron chi connectivity index (χ3n) is 5.10. The molecule has 2 aromatic rings. The minimum absolute atomic E-state index is 0.0480. The Morgan fingerprint density at radius 3 is 2.19 bits per heavy atom. The zero-order chi connectivity index (χ0) is 17.8. The van der Waals surface area contributed by atoms with Crippen molar-refractivity contribution in [1.29, 1.82) is 0 Å². The van der Waals surface area contributed by atoms with E-state index in [1.54, 1.807) is 0 Å². The first-order valence-electron chi connectivity index (χ1n) is 9.40. The third kappa shape index (κ3) is 3.53. The second kappa shape index (κ2) is 7.79. The molecule has 0 atom stereocenters. The Morgan fingerprint density at radius 1 is 0.808 bits per heavy atom. The molecule has 2 aliphatic heterocycles. The van der Waals surface area contributed by atoms with Crippen LogP contribution in [0.25, 0.3) is 0 Å². The van der Waals surface area contributed by atoms with E-state index in [-0.39, 0.29) is 5.91 Å². The summed E-state index contributed by atoms with van der Waals surface area (Å²) < 4.78 is 5.45. The van der Waals surface area contributed by atoms with Gasteiger partial charge < -0.3 is 19.9 Å². The van der Waals surface area contributed by atoms with Crippen LogP contribution in [0.1, 0.15) is 23.2 Å². The van der Waals surface area contributed by atoms with Gasteiger partial charge in [-0.25, -0.2) is 0 Å². The van der Waals surface area contributed by atoms with Crippen LogP contribution in [0.5, 0.6) is 0 Å². The van der Waals surface area contributed by atoms with Crippen molar-refractivity contribution in [3.63, 3.8) is 0 Å². The van der Waals surface area contributed by atoms with Gasteiger partial charge in [-0.15, -0.1) is 0 Å². The number of morpholine rings is 1. The normalized spacial score (nSPS) is 17.4. The summed E-state index contributed by atoms with van der Waals surface area (Å²) in [5, 5.41) is 3.14. The van der Waals surface area contributed by atoms with Crippen molar-refractivity contribution in [2.45, 2.75) is 12.8 Å². The molecule has 0 radical (unpaired) electrons. The molecule has 4 rings (SSSR count). The molecule has 26 heavy (non-hydrogen) atoms. The largest absolute Gasteiger partial charge is 0.378 e. The average molecular weight is 351 g/mol. The van der Waals surface area contributed by atoms with Crippen molar-refractivity contribution >= 4 is 23.0 Å². The molecular formula is C21H25N3O2. The average Bonchev–Trinajstić information content (AvgIpc) is 3.24. The van der Waals surface area contributed by atoms with Gasteiger partial charge in [-0.3, -0.25) is 4.79 Å². The molecule has 0 bridgehead atoms. The molecule has 2 aromatic carbocycles. The molecule has 0 aliphatic carbocycles. The zero-order valence-corrected chi connectivity index (χ0v) is 15.0. The second-order valence-electron chi connectivity index (χ2n) is 6.78. The molecule has 0 unspecified atom stereocenters. The number of anilines is 3. The Hall–Kier alpha value is -2.53. The molecule has 5 heteroatoms. The SMILES string of the molecule is O=C(Nc1ccccc1N1CCOCC1)c1ccccc1N1CCCC1. The summed E-state index contributed by atoms with van der Waals surface area (Å²) >= 11 is 0. The van der Waals surface area contributed by atoms with Crippen molar-refractivity contribution in [2.24, 2.45) is 0 Å². The highest BCUT2D eigenvalue weighted by Gasteiger charge is 2.21. The van der Waals surface area contributed by atoms with E-state index in [2.05, 4.69) is 21.2 Å². The molecule has 0 aromatic heterocycles. The van der Waals surface area contributed by atoms with Gasteiger partial charge in [-0.1, -0.05) is 24.3 Å². The molecule has 1 N–H and O–H groups in total. The van der Waals surface area contributed by atoms with Crippen LogP contribution < -0.4 is 15.1 Å². The molecule has 5 nitrogen and oxygen atoms in total. The molecule has 2 heterocycles. The van der Waals surface area contributed by atoms with Crippen LogP contribution in [-0.2, 0) is 4.74 Å². The second-order valence-corrected chi connectivity index (χ2v) is 6.78. The maximum Gasteiger partial charge on any atom is 0.257 e. The summed E-state index contributed by atoms with van der Waals surface area (Å²) in [5.41, 5.74) is 3.69. The van der Waals surface area contributed by atoms with Gasteiger partial charge in [0.05, 0.1) is 30.2 Å². The highest BCUT2D eigenvalue weighted by Crippen LogP contribution is 2.29.